The van der Waals surface area contributed by atoms with Gasteiger partial charge in [-0.25, -0.2) is 4.79 Å². The number of imide groups is 1. The van der Waals surface area contributed by atoms with Crippen LogP contribution in [0.2, 0.25) is 5.02 Å². The van der Waals surface area contributed by atoms with Crippen molar-refractivity contribution in [2.45, 2.75) is 49.2 Å². The normalized spacial score (nSPS) is 28.6. The molecule has 2 aliphatic heterocycles. The van der Waals surface area contributed by atoms with Crippen molar-refractivity contribution in [1.82, 2.24) is 20.1 Å². The Hall–Kier alpha value is -2.97. The van der Waals surface area contributed by atoms with E-state index in [1.165, 1.54) is 9.80 Å². The second-order valence-electron chi connectivity index (χ2n) is 9.22. The minimum absolute atomic E-state index is 0.149. The summed E-state index contributed by atoms with van der Waals surface area (Å²) in [6.07, 6.45) is 4.42. The van der Waals surface area contributed by atoms with Gasteiger partial charge in [-0.05, 0) is 30.9 Å². The van der Waals surface area contributed by atoms with Crippen molar-refractivity contribution in [1.29, 1.82) is 0 Å². The third kappa shape index (κ3) is 3.48. The van der Waals surface area contributed by atoms with E-state index in [-0.39, 0.29) is 36.3 Å². The lowest BCUT2D eigenvalue weighted by Gasteiger charge is -2.35. The SMILES string of the molecule is O=C(Nc1c(Cl)ccnc1C1CC1)[C@@H]1CNC[C@H]2C(=O)N([C@H]3C[C@@H]3c3ccccc3)C(=O)N12. The van der Waals surface area contributed by atoms with Crippen LogP contribution in [-0.2, 0) is 9.59 Å². The average Bonchev–Trinajstić information content (AvgIpc) is 3.75. The summed E-state index contributed by atoms with van der Waals surface area (Å²) in [5.74, 6) is -0.142. The summed E-state index contributed by atoms with van der Waals surface area (Å²) in [6.45, 7) is 0.618. The van der Waals surface area contributed by atoms with Crippen LogP contribution in [0.3, 0.4) is 0 Å². The number of piperazine rings is 1. The predicted octanol–water partition coefficient (Wildman–Crippen LogP) is 2.71. The summed E-state index contributed by atoms with van der Waals surface area (Å²) in [4.78, 5) is 47.2. The fourth-order valence-electron chi connectivity index (χ4n) is 5.12. The number of fused-ring (bicyclic) bond motifs is 1. The van der Waals surface area contributed by atoms with E-state index < -0.39 is 12.1 Å². The molecular weight excluding hydrogens is 442 g/mol. The quantitative estimate of drug-likeness (QED) is 0.662. The molecule has 2 saturated carbocycles. The third-order valence-corrected chi connectivity index (χ3v) is 7.37. The van der Waals surface area contributed by atoms with E-state index >= 15 is 0 Å². The molecule has 2 aromatic rings. The first kappa shape index (κ1) is 20.6. The van der Waals surface area contributed by atoms with Gasteiger partial charge < -0.3 is 10.6 Å². The Balaban J connectivity index is 1.23. The van der Waals surface area contributed by atoms with Crippen molar-refractivity contribution in [3.63, 3.8) is 0 Å². The van der Waals surface area contributed by atoms with Gasteiger partial charge in [0.1, 0.15) is 12.1 Å². The topological polar surface area (TPSA) is 94.6 Å². The number of rotatable bonds is 5. The average molecular weight is 466 g/mol. The van der Waals surface area contributed by atoms with Crippen LogP contribution in [0.15, 0.2) is 42.6 Å². The maximum atomic E-state index is 13.4. The lowest BCUT2D eigenvalue weighted by atomic mass is 10.1. The van der Waals surface area contributed by atoms with Gasteiger partial charge in [-0.1, -0.05) is 41.9 Å². The minimum atomic E-state index is -0.803. The molecule has 2 aliphatic carbocycles. The fourth-order valence-corrected chi connectivity index (χ4v) is 5.32. The van der Waals surface area contributed by atoms with Gasteiger partial charge in [0.25, 0.3) is 5.91 Å². The molecule has 2 N–H and O–H groups in total. The van der Waals surface area contributed by atoms with Crippen LogP contribution >= 0.6 is 11.6 Å². The molecule has 4 atom stereocenters. The molecule has 2 saturated heterocycles. The summed E-state index contributed by atoms with van der Waals surface area (Å²) in [7, 11) is 0. The van der Waals surface area contributed by atoms with Crippen LogP contribution in [0.4, 0.5) is 10.5 Å². The number of nitrogens with zero attached hydrogens (tertiary/aromatic N) is 3. The molecule has 3 heterocycles. The van der Waals surface area contributed by atoms with Gasteiger partial charge in [0, 0.05) is 37.2 Å². The van der Waals surface area contributed by atoms with Gasteiger partial charge in [-0.3, -0.25) is 24.4 Å². The predicted molar refractivity (Wildman–Crippen MR) is 122 cm³/mol. The maximum absolute atomic E-state index is 13.4. The molecule has 0 unspecified atom stereocenters. The van der Waals surface area contributed by atoms with Crippen LogP contribution in [-0.4, -0.2) is 63.8 Å². The summed E-state index contributed by atoms with van der Waals surface area (Å²) in [5, 5.41) is 6.50. The molecule has 0 spiro atoms. The highest BCUT2D eigenvalue weighted by molar-refractivity contribution is 6.34. The van der Waals surface area contributed by atoms with Gasteiger partial charge in [-0.15, -0.1) is 0 Å². The van der Waals surface area contributed by atoms with Gasteiger partial charge in [-0.2, -0.15) is 0 Å². The molecular formula is C24H24ClN5O3. The van der Waals surface area contributed by atoms with Crippen LogP contribution in [0.25, 0.3) is 0 Å². The molecule has 4 fully saturated rings. The highest BCUT2D eigenvalue weighted by atomic mass is 35.5. The fraction of sp³-hybridized carbons (Fsp3) is 0.417. The number of hydrogen-bond acceptors (Lipinski definition) is 5. The molecule has 6 rings (SSSR count). The monoisotopic (exact) mass is 465 g/mol. The highest BCUT2D eigenvalue weighted by Crippen LogP contribution is 2.47. The van der Waals surface area contributed by atoms with Crippen molar-refractivity contribution in [2.75, 3.05) is 18.4 Å². The molecule has 170 valence electrons. The maximum Gasteiger partial charge on any atom is 0.328 e. The van der Waals surface area contributed by atoms with Gasteiger partial charge in [0.05, 0.1) is 16.4 Å². The van der Waals surface area contributed by atoms with Crippen molar-refractivity contribution in [3.8, 4) is 0 Å². The Morgan fingerprint density at radius 1 is 1.12 bits per heavy atom. The standard InChI is InChI=1S/C24H24ClN5O3/c25-16-8-9-27-20(14-6-7-14)21(16)28-22(31)18-11-26-12-19-23(32)30(24(33)29(18)19)17-10-15(17)13-4-2-1-3-5-13/h1-5,8-9,14-15,17-19,26H,6-7,10-12H2,(H,28,31)/t15-,17+,18+,19+/m1/s1. The lowest BCUT2D eigenvalue weighted by Crippen LogP contribution is -2.61. The molecule has 33 heavy (non-hydrogen) atoms. The molecule has 0 bridgehead atoms. The molecule has 8 nitrogen and oxygen atoms in total. The minimum Gasteiger partial charge on any atom is -0.321 e. The first-order chi connectivity index (χ1) is 16.0. The van der Waals surface area contributed by atoms with Crippen LogP contribution < -0.4 is 10.6 Å². The zero-order valence-corrected chi connectivity index (χ0v) is 18.7. The second-order valence-corrected chi connectivity index (χ2v) is 9.63. The number of carbonyl (C=O) groups excluding carboxylic acids is 3. The van der Waals surface area contributed by atoms with E-state index in [9.17, 15) is 14.4 Å². The Bertz CT molecular complexity index is 1140. The molecule has 4 aliphatic rings. The first-order valence-corrected chi connectivity index (χ1v) is 11.8. The van der Waals surface area contributed by atoms with E-state index in [1.54, 1.807) is 12.3 Å². The number of nitrogens with one attached hydrogen (secondary N) is 2. The largest absolute Gasteiger partial charge is 0.328 e. The number of amides is 4. The van der Waals surface area contributed by atoms with E-state index in [0.717, 1.165) is 30.5 Å². The molecule has 4 amide bonds. The van der Waals surface area contributed by atoms with Crippen LogP contribution in [0, 0.1) is 0 Å². The number of carbonyl (C=O) groups is 3. The number of anilines is 1. The zero-order chi connectivity index (χ0) is 22.7. The van der Waals surface area contributed by atoms with Gasteiger partial charge in [0.2, 0.25) is 5.91 Å². The molecule has 0 radical (unpaired) electrons. The lowest BCUT2D eigenvalue weighted by molar-refractivity contribution is -0.130. The van der Waals surface area contributed by atoms with Crippen LogP contribution in [0.1, 0.15) is 42.4 Å². The number of halogens is 1. The van der Waals surface area contributed by atoms with Crippen molar-refractivity contribution in [3.05, 3.63) is 58.9 Å². The van der Waals surface area contributed by atoms with Crippen molar-refractivity contribution >= 4 is 35.1 Å². The summed E-state index contributed by atoms with van der Waals surface area (Å²) >= 11 is 6.38. The summed E-state index contributed by atoms with van der Waals surface area (Å²) in [6, 6.07) is 9.56. The molecule has 9 heteroatoms. The third-order valence-electron chi connectivity index (χ3n) is 7.06. The first-order valence-electron chi connectivity index (χ1n) is 11.4. The molecule has 1 aromatic carbocycles. The van der Waals surface area contributed by atoms with Gasteiger partial charge >= 0.3 is 6.03 Å². The Morgan fingerprint density at radius 3 is 2.67 bits per heavy atom. The van der Waals surface area contributed by atoms with Crippen LogP contribution in [0.5, 0.6) is 0 Å². The number of urea groups is 1. The number of hydrogen-bond donors (Lipinski definition) is 2. The van der Waals surface area contributed by atoms with Crippen molar-refractivity contribution < 1.29 is 14.4 Å². The highest BCUT2D eigenvalue weighted by Gasteiger charge is 2.58. The summed E-state index contributed by atoms with van der Waals surface area (Å²) < 4.78 is 0. The number of benzene rings is 1. The second kappa shape index (κ2) is 7.81. The van der Waals surface area contributed by atoms with E-state index in [0.29, 0.717) is 23.2 Å². The Kier molecular flexibility index (Phi) is 4.88. The molecule has 1 aromatic heterocycles. The Labute approximate surface area is 196 Å². The Morgan fingerprint density at radius 2 is 1.91 bits per heavy atom. The number of aromatic nitrogens is 1. The van der Waals surface area contributed by atoms with Crippen molar-refractivity contribution in [2.24, 2.45) is 0 Å². The summed E-state index contributed by atoms with van der Waals surface area (Å²) in [5.41, 5.74) is 2.42. The number of pyridine rings is 1. The van der Waals surface area contributed by atoms with Gasteiger partial charge in [0.15, 0.2) is 0 Å². The zero-order valence-electron chi connectivity index (χ0n) is 17.9. The van der Waals surface area contributed by atoms with E-state index in [2.05, 4.69) is 15.6 Å². The smallest absolute Gasteiger partial charge is 0.321 e. The van der Waals surface area contributed by atoms with E-state index in [1.807, 2.05) is 30.3 Å². The van der Waals surface area contributed by atoms with E-state index in [4.69, 9.17) is 11.6 Å².